The minimum absolute atomic E-state index is 0.688. The number of fused-ring (bicyclic) bond motifs is 1. The van der Waals surface area contributed by atoms with Crippen LogP contribution in [0.4, 0.5) is 5.69 Å². The van der Waals surface area contributed by atoms with E-state index >= 15 is 0 Å². The van der Waals surface area contributed by atoms with Gasteiger partial charge in [-0.25, -0.2) is 4.99 Å². The lowest BCUT2D eigenvalue weighted by molar-refractivity contribution is 0.0981. The van der Waals surface area contributed by atoms with Crippen molar-refractivity contribution in [2.24, 2.45) is 9.98 Å². The molecular weight excluding hydrogens is 392 g/mol. The van der Waals surface area contributed by atoms with Gasteiger partial charge in [0, 0.05) is 23.8 Å². The van der Waals surface area contributed by atoms with Crippen molar-refractivity contribution >= 4 is 28.4 Å². The lowest BCUT2D eigenvalue weighted by atomic mass is 9.88. The molecule has 0 saturated heterocycles. The fourth-order valence-corrected chi connectivity index (χ4v) is 4.20. The smallest absolute Gasteiger partial charge is 0.129 e. The van der Waals surface area contributed by atoms with E-state index in [1.54, 1.807) is 0 Å². The van der Waals surface area contributed by atoms with E-state index in [4.69, 9.17) is 4.99 Å². The van der Waals surface area contributed by atoms with Crippen LogP contribution < -0.4 is 0 Å². The summed E-state index contributed by atoms with van der Waals surface area (Å²) in [4.78, 5) is 9.46. The molecule has 1 atom stereocenters. The Bertz CT molecular complexity index is 1310. The quantitative estimate of drug-likeness (QED) is 0.367. The number of benzene rings is 4. The fraction of sp³-hybridized carbons (Fsp3) is 0.103. The van der Waals surface area contributed by atoms with Crippen LogP contribution in [0.1, 0.15) is 30.0 Å². The first-order chi connectivity index (χ1) is 15.6. The van der Waals surface area contributed by atoms with E-state index in [9.17, 15) is 5.11 Å². The van der Waals surface area contributed by atoms with Crippen LogP contribution in [-0.4, -0.2) is 17.0 Å². The Morgan fingerprint density at radius 1 is 0.844 bits per heavy atom. The Morgan fingerprint density at radius 2 is 1.53 bits per heavy atom. The van der Waals surface area contributed by atoms with Crippen molar-refractivity contribution in [3.05, 3.63) is 126 Å². The number of rotatable bonds is 5. The van der Waals surface area contributed by atoms with Crippen molar-refractivity contribution in [1.29, 1.82) is 0 Å². The molecule has 0 saturated carbocycles. The van der Waals surface area contributed by atoms with Gasteiger partial charge in [0.2, 0.25) is 0 Å². The average molecular weight is 417 g/mol. The number of aliphatic hydroxyl groups is 1. The first-order valence-corrected chi connectivity index (χ1v) is 10.8. The van der Waals surface area contributed by atoms with Crippen LogP contribution in [0.5, 0.6) is 0 Å². The van der Waals surface area contributed by atoms with E-state index in [0.29, 0.717) is 5.70 Å². The number of aliphatic imine (C=N–C) groups is 2. The molecule has 3 nitrogen and oxygen atoms in total. The molecule has 0 amide bonds. The second-order valence-electron chi connectivity index (χ2n) is 8.11. The summed E-state index contributed by atoms with van der Waals surface area (Å²) in [5, 5.41) is 13.4. The summed E-state index contributed by atoms with van der Waals surface area (Å²) in [5.41, 5.74) is 4.22. The molecule has 4 aromatic rings. The molecule has 4 aromatic carbocycles. The highest BCUT2D eigenvalue weighted by atomic mass is 16.3. The van der Waals surface area contributed by atoms with Crippen molar-refractivity contribution < 1.29 is 5.11 Å². The van der Waals surface area contributed by atoms with Gasteiger partial charge in [0.05, 0.1) is 17.1 Å². The maximum atomic E-state index is 11.4. The van der Waals surface area contributed by atoms with E-state index in [2.05, 4.69) is 47.5 Å². The first kappa shape index (κ1) is 20.1. The third kappa shape index (κ3) is 3.79. The van der Waals surface area contributed by atoms with Crippen molar-refractivity contribution in [3.63, 3.8) is 0 Å². The monoisotopic (exact) mass is 416 g/mol. The summed E-state index contributed by atoms with van der Waals surface area (Å²) in [6.07, 6.45) is 4.56. The Morgan fingerprint density at radius 3 is 2.16 bits per heavy atom. The number of allylic oxidation sites excluding steroid dienone is 1. The summed E-state index contributed by atoms with van der Waals surface area (Å²) < 4.78 is 0. The van der Waals surface area contributed by atoms with E-state index in [1.165, 1.54) is 0 Å². The molecule has 5 rings (SSSR count). The van der Waals surface area contributed by atoms with E-state index < -0.39 is 5.60 Å². The number of hydrogen-bond acceptors (Lipinski definition) is 3. The standard InChI is InChI=1S/C29H24N2O/c1-29(32,27-16-9-19-30-27)26-15-8-14-21-17-18-24(20-25(21)26)31-28(22-10-4-2-5-11-22)23-12-6-3-7-13-23/h2-8,10-20,32H,9H2,1H3. The molecule has 1 N–H and O–H groups in total. The number of nitrogens with zero attached hydrogens (tertiary/aromatic N) is 2. The highest BCUT2D eigenvalue weighted by Gasteiger charge is 2.30. The van der Waals surface area contributed by atoms with Gasteiger partial charge in [0.25, 0.3) is 0 Å². The van der Waals surface area contributed by atoms with Gasteiger partial charge in [-0.05, 0) is 35.4 Å². The zero-order chi connectivity index (χ0) is 22.0. The van der Waals surface area contributed by atoms with Crippen LogP contribution in [0.25, 0.3) is 10.8 Å². The van der Waals surface area contributed by atoms with Gasteiger partial charge in [-0.15, -0.1) is 0 Å². The summed E-state index contributed by atoms with van der Waals surface area (Å²) in [6.45, 7) is 1.81. The highest BCUT2D eigenvalue weighted by molar-refractivity contribution is 6.14. The Kier molecular flexibility index (Phi) is 5.26. The highest BCUT2D eigenvalue weighted by Crippen LogP contribution is 2.37. The Balaban J connectivity index is 1.67. The van der Waals surface area contributed by atoms with E-state index in [1.807, 2.05) is 73.8 Å². The minimum Gasteiger partial charge on any atom is -0.379 e. The molecule has 1 aliphatic rings. The van der Waals surface area contributed by atoms with E-state index in [-0.39, 0.29) is 0 Å². The van der Waals surface area contributed by atoms with Crippen molar-refractivity contribution in [2.45, 2.75) is 18.9 Å². The lowest BCUT2D eigenvalue weighted by Gasteiger charge is -2.25. The normalized spacial score (nSPS) is 14.8. The molecule has 0 fully saturated rings. The van der Waals surface area contributed by atoms with Gasteiger partial charge in [0.1, 0.15) is 5.60 Å². The van der Waals surface area contributed by atoms with Gasteiger partial charge in [0.15, 0.2) is 0 Å². The van der Waals surface area contributed by atoms with Gasteiger partial charge in [-0.2, -0.15) is 0 Å². The summed E-state index contributed by atoms with van der Waals surface area (Å²) in [5.74, 6) is 0. The third-order valence-corrected chi connectivity index (χ3v) is 5.87. The van der Waals surface area contributed by atoms with Crippen molar-refractivity contribution in [1.82, 2.24) is 0 Å². The van der Waals surface area contributed by atoms with Gasteiger partial charge >= 0.3 is 0 Å². The molecule has 1 heterocycles. The molecule has 0 aromatic heterocycles. The molecule has 0 aliphatic carbocycles. The summed E-state index contributed by atoms with van der Waals surface area (Å²) >= 11 is 0. The molecule has 32 heavy (non-hydrogen) atoms. The predicted molar refractivity (Wildman–Crippen MR) is 133 cm³/mol. The van der Waals surface area contributed by atoms with Crippen molar-refractivity contribution in [2.75, 3.05) is 0 Å². The summed E-state index contributed by atoms with van der Waals surface area (Å²) in [7, 11) is 0. The Labute approximate surface area is 188 Å². The largest absolute Gasteiger partial charge is 0.379 e. The van der Waals surface area contributed by atoms with E-state index in [0.717, 1.165) is 45.3 Å². The van der Waals surface area contributed by atoms with Gasteiger partial charge in [-0.1, -0.05) is 91.0 Å². The zero-order valence-corrected chi connectivity index (χ0v) is 17.9. The minimum atomic E-state index is -1.17. The molecule has 0 spiro atoms. The third-order valence-electron chi connectivity index (χ3n) is 5.87. The van der Waals surface area contributed by atoms with Crippen LogP contribution in [0.15, 0.2) is 119 Å². The van der Waals surface area contributed by atoms with Gasteiger partial charge in [-0.3, -0.25) is 4.99 Å². The molecule has 1 unspecified atom stereocenters. The Hall–Kier alpha value is -3.82. The van der Waals surface area contributed by atoms with Gasteiger partial charge < -0.3 is 5.11 Å². The number of hydrogen-bond donors (Lipinski definition) is 1. The maximum Gasteiger partial charge on any atom is 0.129 e. The average Bonchev–Trinajstić information content (AvgIpc) is 3.39. The van der Waals surface area contributed by atoms with Crippen molar-refractivity contribution in [3.8, 4) is 0 Å². The second-order valence-corrected chi connectivity index (χ2v) is 8.11. The summed E-state index contributed by atoms with van der Waals surface area (Å²) in [6, 6.07) is 32.6. The predicted octanol–water partition coefficient (Wildman–Crippen LogP) is 6.57. The molecule has 0 bridgehead atoms. The van der Waals surface area contributed by atoms with Crippen LogP contribution in [-0.2, 0) is 5.60 Å². The molecule has 3 heteroatoms. The first-order valence-electron chi connectivity index (χ1n) is 10.8. The maximum absolute atomic E-state index is 11.4. The molecule has 156 valence electrons. The molecule has 1 aliphatic heterocycles. The van der Waals surface area contributed by atoms with Crippen LogP contribution in [0, 0.1) is 0 Å². The lowest BCUT2D eigenvalue weighted by Crippen LogP contribution is -2.23. The topological polar surface area (TPSA) is 45.0 Å². The molecule has 0 radical (unpaired) electrons. The second kappa shape index (κ2) is 8.37. The fourth-order valence-electron chi connectivity index (χ4n) is 4.20. The zero-order valence-electron chi connectivity index (χ0n) is 17.9. The van der Waals surface area contributed by atoms with Crippen LogP contribution >= 0.6 is 0 Å². The SMILES string of the molecule is CC(O)(C1=CCC=N1)c1cccc2ccc(N=C(c3ccccc3)c3ccccc3)cc12. The van der Waals surface area contributed by atoms with Crippen LogP contribution in [0.3, 0.4) is 0 Å². The molecular formula is C29H24N2O. The van der Waals surface area contributed by atoms with Crippen LogP contribution in [0.2, 0.25) is 0 Å².